The fraction of sp³-hybridized carbons (Fsp3) is 0.357. The zero-order valence-corrected chi connectivity index (χ0v) is 10.8. The number of methoxy groups -OCH3 is 1. The van der Waals surface area contributed by atoms with E-state index in [-0.39, 0.29) is 12.5 Å². The molecule has 4 nitrogen and oxygen atoms in total. The molecule has 0 aliphatic rings. The van der Waals surface area contributed by atoms with Gasteiger partial charge in [-0.05, 0) is 24.3 Å². The molecule has 1 aromatic rings. The van der Waals surface area contributed by atoms with Crippen molar-refractivity contribution in [2.75, 3.05) is 27.2 Å². The number of quaternary nitrogens is 1. The van der Waals surface area contributed by atoms with Crippen molar-refractivity contribution in [2.45, 2.75) is 6.54 Å². The van der Waals surface area contributed by atoms with Crippen molar-refractivity contribution >= 4 is 5.91 Å². The van der Waals surface area contributed by atoms with E-state index in [2.05, 4.69) is 11.2 Å². The van der Waals surface area contributed by atoms with Crippen LogP contribution in [0, 0.1) is 12.3 Å². The molecule has 0 aliphatic carbocycles. The molecule has 0 saturated carbocycles. The van der Waals surface area contributed by atoms with Gasteiger partial charge in [0.1, 0.15) is 12.3 Å². The maximum atomic E-state index is 11.5. The maximum absolute atomic E-state index is 11.5. The molecular formula is C14H19N2O2+. The lowest BCUT2D eigenvalue weighted by atomic mass is 10.2. The van der Waals surface area contributed by atoms with Crippen LogP contribution in [0.5, 0.6) is 5.75 Å². The first-order valence-electron chi connectivity index (χ1n) is 5.80. The quantitative estimate of drug-likeness (QED) is 0.663. The van der Waals surface area contributed by atoms with Crippen LogP contribution in [0.25, 0.3) is 0 Å². The standard InChI is InChI=1S/C14H18N2O2/c1-4-9-15-14(17)11-16(2)10-12-5-7-13(18-3)8-6-12/h1,5-8H,9-11H2,2-3H3,(H,15,17)/p+1. The van der Waals surface area contributed by atoms with Crippen molar-refractivity contribution in [3.8, 4) is 18.1 Å². The summed E-state index contributed by atoms with van der Waals surface area (Å²) in [6, 6.07) is 7.84. The Balaban J connectivity index is 2.41. The number of nitrogens with one attached hydrogen (secondary N) is 2. The summed E-state index contributed by atoms with van der Waals surface area (Å²) in [5.41, 5.74) is 1.16. The Morgan fingerprint density at radius 3 is 2.67 bits per heavy atom. The predicted molar refractivity (Wildman–Crippen MR) is 70.3 cm³/mol. The minimum atomic E-state index is -0.0287. The lowest BCUT2D eigenvalue weighted by Crippen LogP contribution is -3.08. The smallest absolute Gasteiger partial charge is 0.275 e. The molecule has 1 unspecified atom stereocenters. The number of carbonyl (C=O) groups is 1. The Morgan fingerprint density at radius 1 is 1.44 bits per heavy atom. The number of hydrogen-bond donors (Lipinski definition) is 2. The second-order valence-electron chi connectivity index (χ2n) is 4.14. The van der Waals surface area contributed by atoms with Crippen LogP contribution in [0.3, 0.4) is 0 Å². The molecule has 4 heteroatoms. The fourth-order valence-corrected chi connectivity index (χ4v) is 1.64. The second kappa shape index (κ2) is 7.36. The van der Waals surface area contributed by atoms with Gasteiger partial charge in [0.25, 0.3) is 5.91 Å². The van der Waals surface area contributed by atoms with E-state index in [1.54, 1.807) is 7.11 Å². The fourth-order valence-electron chi connectivity index (χ4n) is 1.64. The monoisotopic (exact) mass is 247 g/mol. The van der Waals surface area contributed by atoms with E-state index in [1.807, 2.05) is 31.3 Å². The normalized spacial score (nSPS) is 11.4. The first-order chi connectivity index (χ1) is 8.65. The molecule has 0 bridgehead atoms. The van der Waals surface area contributed by atoms with E-state index >= 15 is 0 Å². The minimum Gasteiger partial charge on any atom is -0.497 e. The highest BCUT2D eigenvalue weighted by Gasteiger charge is 2.09. The molecule has 0 spiro atoms. The van der Waals surface area contributed by atoms with Crippen LogP contribution in [0.4, 0.5) is 0 Å². The molecule has 1 atom stereocenters. The third kappa shape index (κ3) is 4.89. The lowest BCUT2D eigenvalue weighted by molar-refractivity contribution is -0.885. The predicted octanol–water partition coefficient (Wildman–Crippen LogP) is -0.541. The number of hydrogen-bond acceptors (Lipinski definition) is 2. The van der Waals surface area contributed by atoms with Crippen molar-refractivity contribution in [2.24, 2.45) is 0 Å². The summed E-state index contributed by atoms with van der Waals surface area (Å²) < 4.78 is 5.09. The van der Waals surface area contributed by atoms with Gasteiger partial charge in [-0.1, -0.05) is 5.92 Å². The average molecular weight is 247 g/mol. The minimum absolute atomic E-state index is 0.0287. The van der Waals surface area contributed by atoms with Crippen molar-refractivity contribution < 1.29 is 14.4 Å². The molecule has 18 heavy (non-hydrogen) atoms. The van der Waals surface area contributed by atoms with Crippen LogP contribution >= 0.6 is 0 Å². The highest BCUT2D eigenvalue weighted by molar-refractivity contribution is 5.77. The highest BCUT2D eigenvalue weighted by Crippen LogP contribution is 2.10. The highest BCUT2D eigenvalue weighted by atomic mass is 16.5. The molecule has 1 amide bonds. The van der Waals surface area contributed by atoms with Crippen LogP contribution in [0.2, 0.25) is 0 Å². The Kier molecular flexibility index (Phi) is 5.75. The SMILES string of the molecule is C#CCNC(=O)C[NH+](C)Cc1ccc(OC)cc1. The van der Waals surface area contributed by atoms with Crippen molar-refractivity contribution in [1.29, 1.82) is 0 Å². The van der Waals surface area contributed by atoms with Crippen LogP contribution in [0.1, 0.15) is 5.56 Å². The van der Waals surface area contributed by atoms with Gasteiger partial charge in [0.05, 0.1) is 20.7 Å². The summed E-state index contributed by atoms with van der Waals surface area (Å²) >= 11 is 0. The van der Waals surface area contributed by atoms with E-state index in [4.69, 9.17) is 11.2 Å². The number of ether oxygens (including phenoxy) is 1. The summed E-state index contributed by atoms with van der Waals surface area (Å²) in [4.78, 5) is 12.6. The van der Waals surface area contributed by atoms with E-state index in [9.17, 15) is 4.79 Å². The summed E-state index contributed by atoms with van der Waals surface area (Å²) in [5, 5.41) is 2.65. The number of amides is 1. The van der Waals surface area contributed by atoms with Gasteiger partial charge >= 0.3 is 0 Å². The van der Waals surface area contributed by atoms with E-state index in [0.29, 0.717) is 6.54 Å². The van der Waals surface area contributed by atoms with Crippen LogP contribution < -0.4 is 15.0 Å². The zero-order valence-electron chi connectivity index (χ0n) is 10.8. The zero-order chi connectivity index (χ0) is 13.4. The van der Waals surface area contributed by atoms with Gasteiger partial charge in [0.15, 0.2) is 6.54 Å². The number of carbonyl (C=O) groups excluding carboxylic acids is 1. The van der Waals surface area contributed by atoms with Gasteiger partial charge < -0.3 is 15.0 Å². The Morgan fingerprint density at radius 2 is 2.11 bits per heavy atom. The van der Waals surface area contributed by atoms with E-state index in [0.717, 1.165) is 22.8 Å². The molecule has 1 rings (SSSR count). The van der Waals surface area contributed by atoms with Gasteiger partial charge in [-0.3, -0.25) is 4.79 Å². The third-order valence-corrected chi connectivity index (χ3v) is 2.51. The van der Waals surface area contributed by atoms with Crippen molar-refractivity contribution in [3.05, 3.63) is 29.8 Å². The average Bonchev–Trinajstić information content (AvgIpc) is 2.37. The van der Waals surface area contributed by atoms with Crippen LogP contribution in [-0.2, 0) is 11.3 Å². The summed E-state index contributed by atoms with van der Waals surface area (Å²) in [6.45, 7) is 1.48. The lowest BCUT2D eigenvalue weighted by Gasteiger charge is -2.13. The molecule has 0 aromatic heterocycles. The third-order valence-electron chi connectivity index (χ3n) is 2.51. The van der Waals surface area contributed by atoms with E-state index < -0.39 is 0 Å². The largest absolute Gasteiger partial charge is 0.497 e. The molecule has 0 saturated heterocycles. The Labute approximate surface area is 108 Å². The molecule has 96 valence electrons. The van der Waals surface area contributed by atoms with Gasteiger partial charge in [0.2, 0.25) is 0 Å². The molecule has 1 aromatic carbocycles. The Bertz CT molecular complexity index is 420. The summed E-state index contributed by atoms with van der Waals surface area (Å²) in [7, 11) is 3.61. The number of terminal acetylenes is 1. The van der Waals surface area contributed by atoms with Gasteiger partial charge in [0, 0.05) is 5.56 Å². The van der Waals surface area contributed by atoms with Gasteiger partial charge in [-0.15, -0.1) is 6.42 Å². The van der Waals surface area contributed by atoms with Gasteiger partial charge in [-0.25, -0.2) is 0 Å². The molecule has 2 N–H and O–H groups in total. The summed E-state index contributed by atoms with van der Waals surface area (Å²) in [6.07, 6.45) is 5.08. The number of rotatable bonds is 6. The maximum Gasteiger partial charge on any atom is 0.275 e. The Hall–Kier alpha value is -1.99. The van der Waals surface area contributed by atoms with Crippen molar-refractivity contribution in [3.63, 3.8) is 0 Å². The first-order valence-corrected chi connectivity index (χ1v) is 5.80. The molecule has 0 aliphatic heterocycles. The number of likely N-dealkylation sites (N-methyl/N-ethyl adjacent to an activating group) is 1. The second-order valence-corrected chi connectivity index (χ2v) is 4.14. The van der Waals surface area contributed by atoms with Crippen LogP contribution in [0.15, 0.2) is 24.3 Å². The number of benzene rings is 1. The van der Waals surface area contributed by atoms with E-state index in [1.165, 1.54) is 0 Å². The first kappa shape index (κ1) is 14.1. The van der Waals surface area contributed by atoms with Crippen LogP contribution in [-0.4, -0.2) is 33.2 Å². The van der Waals surface area contributed by atoms with Crippen molar-refractivity contribution in [1.82, 2.24) is 5.32 Å². The molecule has 0 fully saturated rings. The molecule has 0 radical (unpaired) electrons. The van der Waals surface area contributed by atoms with Gasteiger partial charge in [-0.2, -0.15) is 0 Å². The molecule has 0 heterocycles. The molecular weight excluding hydrogens is 228 g/mol. The summed E-state index contributed by atoms with van der Waals surface area (Å²) in [5.74, 6) is 3.19. The topological polar surface area (TPSA) is 42.8 Å².